The van der Waals surface area contributed by atoms with E-state index in [2.05, 4.69) is 97.8 Å². The third-order valence-corrected chi connectivity index (χ3v) is 5.24. The quantitative estimate of drug-likeness (QED) is 0.320. The smallest absolute Gasteiger partial charge is 0.121 e. The molecule has 2 nitrogen and oxygen atoms in total. The summed E-state index contributed by atoms with van der Waals surface area (Å²) in [4.78, 5) is 0. The molecule has 0 atom stereocenters. The Balaban J connectivity index is 1.80. The molecule has 0 unspecified atom stereocenters. The van der Waals surface area contributed by atoms with Crippen molar-refractivity contribution in [3.63, 3.8) is 0 Å². The summed E-state index contributed by atoms with van der Waals surface area (Å²) in [5.74, 6) is 0.874. The summed E-state index contributed by atoms with van der Waals surface area (Å²) in [5.41, 5.74) is 7.03. The van der Waals surface area contributed by atoms with E-state index in [0.717, 1.165) is 28.9 Å². The van der Waals surface area contributed by atoms with Crippen LogP contribution in [0.15, 0.2) is 91.5 Å². The third-order valence-electron chi connectivity index (χ3n) is 5.24. The standard InChI is InChI=1S/C28H27NO/c1-4-11-26-25-17-16-24(30-20-23-14-9-6-10-15-23)18-27(25)29(28(26)21(2)3)19-22-12-7-5-8-13-22/h4-18H,2,19-20H2,1,3H3/b11-4-. The lowest BCUT2D eigenvalue weighted by Gasteiger charge is -2.12. The number of benzene rings is 3. The fraction of sp³-hybridized carbons (Fsp3) is 0.143. The lowest BCUT2D eigenvalue weighted by Crippen LogP contribution is -2.04. The number of allylic oxidation sites excluding steroid dienone is 2. The van der Waals surface area contributed by atoms with Crippen molar-refractivity contribution >= 4 is 22.6 Å². The molecule has 4 aromatic rings. The fourth-order valence-corrected chi connectivity index (χ4v) is 3.91. The Kier molecular flexibility index (Phi) is 5.85. The van der Waals surface area contributed by atoms with Gasteiger partial charge in [-0.3, -0.25) is 0 Å². The van der Waals surface area contributed by atoms with Gasteiger partial charge < -0.3 is 9.30 Å². The van der Waals surface area contributed by atoms with E-state index in [4.69, 9.17) is 4.74 Å². The molecule has 0 saturated carbocycles. The van der Waals surface area contributed by atoms with E-state index in [-0.39, 0.29) is 0 Å². The summed E-state index contributed by atoms with van der Waals surface area (Å²) in [7, 11) is 0. The largest absolute Gasteiger partial charge is 0.489 e. The fourth-order valence-electron chi connectivity index (χ4n) is 3.91. The predicted octanol–water partition coefficient (Wildman–Crippen LogP) is 7.33. The maximum Gasteiger partial charge on any atom is 0.121 e. The van der Waals surface area contributed by atoms with Crippen LogP contribution in [0.25, 0.3) is 22.6 Å². The highest BCUT2D eigenvalue weighted by molar-refractivity contribution is 5.96. The number of ether oxygens (including phenoxy) is 1. The van der Waals surface area contributed by atoms with Crippen LogP contribution in [-0.4, -0.2) is 4.57 Å². The van der Waals surface area contributed by atoms with Gasteiger partial charge in [0.25, 0.3) is 0 Å². The summed E-state index contributed by atoms with van der Waals surface area (Å²) < 4.78 is 8.48. The maximum atomic E-state index is 6.12. The monoisotopic (exact) mass is 393 g/mol. The maximum absolute atomic E-state index is 6.12. The third kappa shape index (κ3) is 4.08. The number of hydrogen-bond donors (Lipinski definition) is 0. The second kappa shape index (κ2) is 8.87. The van der Waals surface area contributed by atoms with Gasteiger partial charge in [-0.2, -0.15) is 0 Å². The van der Waals surface area contributed by atoms with Gasteiger partial charge >= 0.3 is 0 Å². The molecule has 0 saturated heterocycles. The summed E-state index contributed by atoms with van der Waals surface area (Å²) >= 11 is 0. The molecule has 0 N–H and O–H groups in total. The SMILES string of the molecule is C=C(C)c1c(/C=C\C)c2ccc(OCc3ccccc3)cc2n1Cc1ccccc1. The first kappa shape index (κ1) is 19.8. The van der Waals surface area contributed by atoms with Crippen LogP contribution < -0.4 is 4.74 Å². The van der Waals surface area contributed by atoms with Crippen LogP contribution in [0.1, 0.15) is 36.2 Å². The van der Waals surface area contributed by atoms with Gasteiger partial charge in [0.1, 0.15) is 12.4 Å². The van der Waals surface area contributed by atoms with Gasteiger partial charge in [0.15, 0.2) is 0 Å². The molecule has 0 amide bonds. The highest BCUT2D eigenvalue weighted by Crippen LogP contribution is 2.34. The van der Waals surface area contributed by atoms with Gasteiger partial charge in [0, 0.05) is 23.6 Å². The van der Waals surface area contributed by atoms with Crippen molar-refractivity contribution in [1.29, 1.82) is 0 Å². The molecule has 0 bridgehead atoms. The van der Waals surface area contributed by atoms with Crippen LogP contribution in [0.4, 0.5) is 0 Å². The lowest BCUT2D eigenvalue weighted by atomic mass is 10.1. The van der Waals surface area contributed by atoms with E-state index in [9.17, 15) is 0 Å². The van der Waals surface area contributed by atoms with Gasteiger partial charge in [-0.15, -0.1) is 0 Å². The van der Waals surface area contributed by atoms with Gasteiger partial charge in [0.2, 0.25) is 0 Å². The van der Waals surface area contributed by atoms with Gasteiger partial charge in [0.05, 0.1) is 11.2 Å². The second-order valence-electron chi connectivity index (χ2n) is 7.57. The molecule has 0 aliphatic carbocycles. The molecule has 1 aromatic heterocycles. The molecule has 3 aromatic carbocycles. The number of nitrogens with zero attached hydrogens (tertiary/aromatic N) is 1. The zero-order valence-electron chi connectivity index (χ0n) is 17.6. The lowest BCUT2D eigenvalue weighted by molar-refractivity contribution is 0.306. The minimum absolute atomic E-state index is 0.556. The first-order valence-electron chi connectivity index (χ1n) is 10.3. The molecule has 30 heavy (non-hydrogen) atoms. The molecule has 0 aliphatic rings. The summed E-state index contributed by atoms with van der Waals surface area (Å²) in [6.45, 7) is 9.76. The Morgan fingerprint density at radius 3 is 2.23 bits per heavy atom. The summed E-state index contributed by atoms with van der Waals surface area (Å²) in [6.07, 6.45) is 4.27. The second-order valence-corrected chi connectivity index (χ2v) is 7.57. The van der Waals surface area contributed by atoms with Crippen LogP contribution in [-0.2, 0) is 13.2 Å². The number of rotatable bonds is 7. The Hall–Kier alpha value is -3.52. The van der Waals surface area contributed by atoms with E-state index in [1.54, 1.807) is 0 Å². The van der Waals surface area contributed by atoms with Crippen molar-refractivity contribution in [3.8, 4) is 5.75 Å². The highest BCUT2D eigenvalue weighted by Gasteiger charge is 2.17. The molecule has 0 aliphatic heterocycles. The zero-order valence-corrected chi connectivity index (χ0v) is 17.6. The van der Waals surface area contributed by atoms with Crippen molar-refractivity contribution < 1.29 is 4.74 Å². The van der Waals surface area contributed by atoms with Gasteiger partial charge in [-0.25, -0.2) is 0 Å². The Morgan fingerprint density at radius 2 is 1.60 bits per heavy atom. The molecule has 1 heterocycles. The summed E-state index contributed by atoms with van der Waals surface area (Å²) in [5, 5.41) is 1.22. The van der Waals surface area contributed by atoms with E-state index < -0.39 is 0 Å². The molecule has 0 spiro atoms. The van der Waals surface area contributed by atoms with Crippen LogP contribution >= 0.6 is 0 Å². The van der Waals surface area contributed by atoms with Crippen LogP contribution in [0, 0.1) is 0 Å². The Labute approximate surface area is 178 Å². The highest BCUT2D eigenvalue weighted by atomic mass is 16.5. The number of fused-ring (bicyclic) bond motifs is 1. The molecule has 150 valence electrons. The minimum atomic E-state index is 0.556. The molecule has 2 heteroatoms. The van der Waals surface area contributed by atoms with Crippen LogP contribution in [0.3, 0.4) is 0 Å². The van der Waals surface area contributed by atoms with Crippen molar-refractivity contribution in [1.82, 2.24) is 4.57 Å². The van der Waals surface area contributed by atoms with E-state index in [1.807, 2.05) is 18.2 Å². The van der Waals surface area contributed by atoms with E-state index in [1.165, 1.54) is 22.2 Å². The predicted molar refractivity (Wildman–Crippen MR) is 128 cm³/mol. The van der Waals surface area contributed by atoms with Gasteiger partial charge in [-0.05, 0) is 42.7 Å². The minimum Gasteiger partial charge on any atom is -0.489 e. The average Bonchev–Trinajstić information content (AvgIpc) is 3.07. The first-order chi connectivity index (χ1) is 14.7. The molecule has 0 fully saturated rings. The average molecular weight is 394 g/mol. The van der Waals surface area contributed by atoms with Crippen molar-refractivity contribution in [2.24, 2.45) is 0 Å². The molecular weight excluding hydrogens is 366 g/mol. The van der Waals surface area contributed by atoms with E-state index >= 15 is 0 Å². The molecule has 4 rings (SSSR count). The molecule has 0 radical (unpaired) electrons. The first-order valence-corrected chi connectivity index (χ1v) is 10.3. The Bertz CT molecular complexity index is 1180. The Morgan fingerprint density at radius 1 is 0.933 bits per heavy atom. The van der Waals surface area contributed by atoms with Crippen molar-refractivity contribution in [2.75, 3.05) is 0 Å². The van der Waals surface area contributed by atoms with Crippen LogP contribution in [0.5, 0.6) is 5.75 Å². The van der Waals surface area contributed by atoms with Crippen molar-refractivity contribution in [3.05, 3.63) is 114 Å². The topological polar surface area (TPSA) is 14.2 Å². The number of aromatic nitrogens is 1. The van der Waals surface area contributed by atoms with Gasteiger partial charge in [-0.1, -0.05) is 79.4 Å². The van der Waals surface area contributed by atoms with Crippen LogP contribution in [0.2, 0.25) is 0 Å². The molecular formula is C28H27NO. The number of hydrogen-bond acceptors (Lipinski definition) is 1. The van der Waals surface area contributed by atoms with Crippen molar-refractivity contribution in [2.45, 2.75) is 27.0 Å². The summed E-state index contributed by atoms with van der Waals surface area (Å²) in [6, 6.07) is 27.2. The normalized spacial score (nSPS) is 11.3. The zero-order chi connectivity index (χ0) is 20.9. The van der Waals surface area contributed by atoms with E-state index in [0.29, 0.717) is 6.61 Å².